The van der Waals surface area contributed by atoms with E-state index in [-0.39, 0.29) is 10.7 Å². The number of nitrogens with zero attached hydrogens (tertiary/aromatic N) is 1. The van der Waals surface area contributed by atoms with E-state index in [9.17, 15) is 18.5 Å². The molecule has 1 N–H and O–H groups in total. The number of hydrogen-bond acceptors (Lipinski definition) is 4. The lowest BCUT2D eigenvalue weighted by atomic mass is 10.3. The predicted octanol–water partition coefficient (Wildman–Crippen LogP) is 3.81. The van der Waals surface area contributed by atoms with Crippen molar-refractivity contribution < 1.29 is 13.3 Å². The molecule has 0 bridgehead atoms. The molecule has 6 nitrogen and oxygen atoms in total. The number of nitrogens with one attached hydrogen (secondary N) is 1. The van der Waals surface area contributed by atoms with Gasteiger partial charge in [-0.2, -0.15) is 0 Å². The van der Waals surface area contributed by atoms with Crippen LogP contribution in [0.3, 0.4) is 0 Å². The Bertz CT molecular complexity index is 811. The van der Waals surface area contributed by atoms with Gasteiger partial charge in [0.05, 0.1) is 4.92 Å². The summed E-state index contributed by atoms with van der Waals surface area (Å²) in [6, 6.07) is 9.81. The zero-order valence-corrected chi connectivity index (χ0v) is 13.4. The van der Waals surface area contributed by atoms with Crippen molar-refractivity contribution in [3.8, 4) is 0 Å². The number of benzene rings is 2. The molecule has 2 aromatic carbocycles. The maximum Gasteiger partial charge on any atom is 0.291 e. The minimum atomic E-state index is -4.09. The lowest BCUT2D eigenvalue weighted by molar-refractivity contribution is -0.387. The van der Waals surface area contributed by atoms with Gasteiger partial charge in [0, 0.05) is 21.2 Å². The van der Waals surface area contributed by atoms with E-state index in [1.165, 1.54) is 12.1 Å². The molecule has 0 unspecified atom stereocenters. The first kappa shape index (κ1) is 15.7. The fraction of sp³-hybridized carbons (Fsp3) is 0. The molecule has 110 valence electrons. The SMILES string of the molecule is O=[N+]([O-])c1cc(Cl)ccc1S(=O)(=O)Nc1cccc(Br)c1. The van der Waals surface area contributed by atoms with Crippen LogP contribution in [0.5, 0.6) is 0 Å². The van der Waals surface area contributed by atoms with Crippen molar-refractivity contribution in [3.63, 3.8) is 0 Å². The lowest BCUT2D eigenvalue weighted by Crippen LogP contribution is -2.14. The van der Waals surface area contributed by atoms with Crippen LogP contribution in [-0.4, -0.2) is 13.3 Å². The second-order valence-corrected chi connectivity index (χ2v) is 6.99. The number of nitro groups is 1. The molecule has 0 aliphatic carbocycles. The Hall–Kier alpha value is -1.64. The molecule has 2 rings (SSSR count). The van der Waals surface area contributed by atoms with E-state index >= 15 is 0 Å². The van der Waals surface area contributed by atoms with Crippen LogP contribution in [0.2, 0.25) is 5.02 Å². The molecule has 0 amide bonds. The van der Waals surface area contributed by atoms with E-state index in [0.29, 0.717) is 4.47 Å². The molecule has 0 atom stereocenters. The minimum Gasteiger partial charge on any atom is -0.279 e. The standard InChI is InChI=1S/C12H8BrClN2O4S/c13-8-2-1-3-10(6-8)15-21(19,20)12-5-4-9(14)7-11(12)16(17)18/h1-7,15H. The summed E-state index contributed by atoms with van der Waals surface area (Å²) in [5, 5.41) is 11.1. The molecule has 0 radical (unpaired) electrons. The van der Waals surface area contributed by atoms with Gasteiger partial charge in [0.2, 0.25) is 0 Å². The first-order valence-electron chi connectivity index (χ1n) is 5.52. The number of hydrogen-bond donors (Lipinski definition) is 1. The summed E-state index contributed by atoms with van der Waals surface area (Å²) in [6.07, 6.45) is 0. The molecule has 0 aliphatic heterocycles. The van der Waals surface area contributed by atoms with Gasteiger partial charge in [-0.1, -0.05) is 33.6 Å². The van der Waals surface area contributed by atoms with Gasteiger partial charge in [0.1, 0.15) is 0 Å². The molecule has 0 heterocycles. The fourth-order valence-corrected chi connectivity index (χ4v) is 3.39. The van der Waals surface area contributed by atoms with Gasteiger partial charge in [0.15, 0.2) is 4.90 Å². The third-order valence-corrected chi connectivity index (χ3v) is 4.64. The quantitative estimate of drug-likeness (QED) is 0.634. The monoisotopic (exact) mass is 390 g/mol. The molecule has 9 heteroatoms. The lowest BCUT2D eigenvalue weighted by Gasteiger charge is -2.09. The molecule has 0 saturated carbocycles. The van der Waals surface area contributed by atoms with E-state index < -0.39 is 25.5 Å². The van der Waals surface area contributed by atoms with Crippen molar-refractivity contribution in [2.75, 3.05) is 4.72 Å². The highest BCUT2D eigenvalue weighted by Gasteiger charge is 2.26. The normalized spacial score (nSPS) is 11.1. The summed E-state index contributed by atoms with van der Waals surface area (Å²) in [5.74, 6) is 0. The summed E-state index contributed by atoms with van der Waals surface area (Å²) in [6.45, 7) is 0. The maximum atomic E-state index is 12.3. The summed E-state index contributed by atoms with van der Waals surface area (Å²) >= 11 is 8.88. The summed E-state index contributed by atoms with van der Waals surface area (Å²) in [7, 11) is -4.09. The van der Waals surface area contributed by atoms with Crippen LogP contribution >= 0.6 is 27.5 Å². The van der Waals surface area contributed by atoms with Crippen molar-refractivity contribution in [1.82, 2.24) is 0 Å². The van der Waals surface area contributed by atoms with Gasteiger partial charge >= 0.3 is 0 Å². The van der Waals surface area contributed by atoms with E-state index in [2.05, 4.69) is 20.7 Å². The Morgan fingerprint density at radius 2 is 1.90 bits per heavy atom. The number of rotatable bonds is 4. The second kappa shape index (κ2) is 6.00. The highest BCUT2D eigenvalue weighted by molar-refractivity contribution is 9.10. The van der Waals surface area contributed by atoms with Crippen molar-refractivity contribution in [2.45, 2.75) is 4.90 Å². The van der Waals surface area contributed by atoms with Gasteiger partial charge in [-0.25, -0.2) is 8.42 Å². The van der Waals surface area contributed by atoms with E-state index in [4.69, 9.17) is 11.6 Å². The Morgan fingerprint density at radius 3 is 2.52 bits per heavy atom. The van der Waals surface area contributed by atoms with E-state index in [1.54, 1.807) is 18.2 Å². The van der Waals surface area contributed by atoms with Crippen molar-refractivity contribution in [1.29, 1.82) is 0 Å². The third kappa shape index (κ3) is 3.72. The van der Waals surface area contributed by atoms with Crippen LogP contribution in [0.1, 0.15) is 0 Å². The van der Waals surface area contributed by atoms with Crippen LogP contribution in [-0.2, 0) is 10.0 Å². The number of nitro benzene ring substituents is 1. The molecular weight excluding hydrogens is 384 g/mol. The topological polar surface area (TPSA) is 89.3 Å². The Morgan fingerprint density at radius 1 is 1.19 bits per heavy atom. The molecule has 2 aromatic rings. The largest absolute Gasteiger partial charge is 0.291 e. The van der Waals surface area contributed by atoms with Gasteiger partial charge < -0.3 is 0 Å². The smallest absolute Gasteiger partial charge is 0.279 e. The van der Waals surface area contributed by atoms with Crippen LogP contribution in [0, 0.1) is 10.1 Å². The number of halogens is 2. The van der Waals surface area contributed by atoms with Crippen LogP contribution in [0.15, 0.2) is 51.8 Å². The van der Waals surface area contributed by atoms with Crippen LogP contribution < -0.4 is 4.72 Å². The Kier molecular flexibility index (Phi) is 4.50. The van der Waals surface area contributed by atoms with Crippen molar-refractivity contribution in [3.05, 3.63) is 62.1 Å². The molecule has 0 aliphatic rings. The second-order valence-electron chi connectivity index (χ2n) is 3.99. The Balaban J connectivity index is 2.47. The first-order valence-corrected chi connectivity index (χ1v) is 8.17. The molecule has 21 heavy (non-hydrogen) atoms. The summed E-state index contributed by atoms with van der Waals surface area (Å²) in [5.41, 5.74) is -0.293. The zero-order valence-electron chi connectivity index (χ0n) is 10.3. The molecule has 0 saturated heterocycles. The average molecular weight is 392 g/mol. The van der Waals surface area contributed by atoms with Crippen LogP contribution in [0.4, 0.5) is 11.4 Å². The van der Waals surface area contributed by atoms with E-state index in [0.717, 1.165) is 12.1 Å². The number of sulfonamides is 1. The van der Waals surface area contributed by atoms with Crippen molar-refractivity contribution in [2.24, 2.45) is 0 Å². The maximum absolute atomic E-state index is 12.3. The minimum absolute atomic E-state index is 0.0862. The number of anilines is 1. The van der Waals surface area contributed by atoms with Gasteiger partial charge in [-0.05, 0) is 30.3 Å². The molecular formula is C12H8BrClN2O4S. The van der Waals surface area contributed by atoms with Gasteiger partial charge in [0.25, 0.3) is 15.7 Å². The molecule has 0 fully saturated rings. The first-order chi connectivity index (χ1) is 9.79. The third-order valence-electron chi connectivity index (χ3n) is 2.48. The predicted molar refractivity (Wildman–Crippen MR) is 83.1 cm³/mol. The van der Waals surface area contributed by atoms with Crippen LogP contribution in [0.25, 0.3) is 0 Å². The molecule has 0 spiro atoms. The highest BCUT2D eigenvalue weighted by Crippen LogP contribution is 2.29. The summed E-state index contributed by atoms with van der Waals surface area (Å²) in [4.78, 5) is 9.74. The fourth-order valence-electron chi connectivity index (χ4n) is 1.62. The highest BCUT2D eigenvalue weighted by atomic mass is 79.9. The molecule has 0 aromatic heterocycles. The van der Waals surface area contributed by atoms with E-state index in [1.807, 2.05) is 0 Å². The average Bonchev–Trinajstić information content (AvgIpc) is 2.37. The van der Waals surface area contributed by atoms with Crippen molar-refractivity contribution >= 4 is 48.9 Å². The van der Waals surface area contributed by atoms with Gasteiger partial charge in [-0.15, -0.1) is 0 Å². The summed E-state index contributed by atoms with van der Waals surface area (Å²) < 4.78 is 27.5. The Labute approximate surface area is 134 Å². The van der Waals surface area contributed by atoms with Gasteiger partial charge in [-0.3, -0.25) is 14.8 Å². The zero-order chi connectivity index (χ0) is 15.6.